The molecule has 1 heterocycles. The van der Waals surface area contributed by atoms with E-state index in [2.05, 4.69) is 51.0 Å². The van der Waals surface area contributed by atoms with Gasteiger partial charge in [-0.2, -0.15) is 0 Å². The Kier molecular flexibility index (Phi) is 6.59. The van der Waals surface area contributed by atoms with Crippen molar-refractivity contribution >= 4 is 0 Å². The predicted molar refractivity (Wildman–Crippen MR) is 81.2 cm³/mol. The average Bonchev–Trinajstić information content (AvgIpc) is 2.73. The lowest BCUT2D eigenvalue weighted by Crippen LogP contribution is -2.35. The van der Waals surface area contributed by atoms with Crippen molar-refractivity contribution in [2.45, 2.75) is 65.6 Å². The Hall–Kier alpha value is -0.800. The van der Waals surface area contributed by atoms with E-state index in [1.807, 2.05) is 0 Å². The normalized spacial score (nSPS) is 12.3. The number of hydrogen-bond acceptors (Lipinski definition) is 3. The highest BCUT2D eigenvalue weighted by atomic mass is 16.3. The largest absolute Gasteiger partial charge is 0.468 e. The monoisotopic (exact) mass is 266 g/mol. The number of furan rings is 1. The van der Waals surface area contributed by atoms with Gasteiger partial charge in [0.05, 0.1) is 12.8 Å². The van der Waals surface area contributed by atoms with E-state index in [-0.39, 0.29) is 5.54 Å². The molecular formula is C16H30N2O. The summed E-state index contributed by atoms with van der Waals surface area (Å²) in [4.78, 5) is 2.38. The zero-order valence-corrected chi connectivity index (χ0v) is 13.3. The number of hydrogen-bond donors (Lipinski definition) is 1. The third kappa shape index (κ3) is 6.79. The molecule has 1 aromatic heterocycles. The van der Waals surface area contributed by atoms with Gasteiger partial charge in [-0.25, -0.2) is 0 Å². The van der Waals surface area contributed by atoms with Gasteiger partial charge in [-0.05, 0) is 46.9 Å². The van der Waals surface area contributed by atoms with Gasteiger partial charge in [0.1, 0.15) is 5.76 Å². The van der Waals surface area contributed by atoms with E-state index < -0.39 is 0 Å². The second kappa shape index (κ2) is 7.71. The molecular weight excluding hydrogens is 236 g/mol. The van der Waals surface area contributed by atoms with E-state index in [0.29, 0.717) is 0 Å². The summed E-state index contributed by atoms with van der Waals surface area (Å²) in [7, 11) is 2.18. The molecule has 0 aliphatic heterocycles. The summed E-state index contributed by atoms with van der Waals surface area (Å²) < 4.78 is 5.60. The summed E-state index contributed by atoms with van der Waals surface area (Å²) in [5.74, 6) is 1.07. The quantitative estimate of drug-likeness (QED) is 0.726. The van der Waals surface area contributed by atoms with E-state index in [1.165, 1.54) is 24.8 Å². The molecule has 0 radical (unpaired) electrons. The SMILES string of the molecule is CCCCCN(C)Cc1ccoc1CNC(C)(C)C. The maximum atomic E-state index is 5.60. The van der Waals surface area contributed by atoms with E-state index in [4.69, 9.17) is 4.42 Å². The fourth-order valence-electron chi connectivity index (χ4n) is 2.01. The Bertz CT molecular complexity index is 352. The van der Waals surface area contributed by atoms with Gasteiger partial charge in [-0.3, -0.25) is 0 Å². The van der Waals surface area contributed by atoms with Crippen LogP contribution < -0.4 is 5.32 Å². The van der Waals surface area contributed by atoms with E-state index in [9.17, 15) is 0 Å². The molecule has 0 atom stereocenters. The summed E-state index contributed by atoms with van der Waals surface area (Å²) in [6, 6.07) is 2.09. The van der Waals surface area contributed by atoms with Crippen molar-refractivity contribution in [2.75, 3.05) is 13.6 Å². The van der Waals surface area contributed by atoms with Gasteiger partial charge in [-0.1, -0.05) is 19.8 Å². The molecule has 3 nitrogen and oxygen atoms in total. The van der Waals surface area contributed by atoms with E-state index >= 15 is 0 Å². The molecule has 3 heteroatoms. The molecule has 1 N–H and O–H groups in total. The lowest BCUT2D eigenvalue weighted by molar-refractivity contribution is 0.312. The zero-order valence-electron chi connectivity index (χ0n) is 13.3. The molecule has 0 amide bonds. The Morgan fingerprint density at radius 3 is 2.63 bits per heavy atom. The first-order chi connectivity index (χ1) is 8.92. The van der Waals surface area contributed by atoms with Crippen molar-refractivity contribution in [1.29, 1.82) is 0 Å². The standard InChI is InChI=1S/C16H30N2O/c1-6-7-8-10-18(5)13-14-9-11-19-15(14)12-17-16(2,3)4/h9,11,17H,6-8,10,12-13H2,1-5H3. The van der Waals surface area contributed by atoms with Crippen molar-refractivity contribution < 1.29 is 4.42 Å². The molecule has 1 rings (SSSR count). The molecule has 1 aromatic rings. The number of unbranched alkanes of at least 4 members (excludes halogenated alkanes) is 2. The van der Waals surface area contributed by atoms with Crippen LogP contribution in [0.2, 0.25) is 0 Å². The third-order valence-electron chi connectivity index (χ3n) is 3.20. The fraction of sp³-hybridized carbons (Fsp3) is 0.750. The highest BCUT2D eigenvalue weighted by Crippen LogP contribution is 2.14. The summed E-state index contributed by atoms with van der Waals surface area (Å²) in [5, 5.41) is 3.48. The predicted octanol–water partition coefficient (Wildman–Crippen LogP) is 3.79. The number of rotatable bonds is 8. The van der Waals surface area contributed by atoms with Crippen LogP contribution in [-0.4, -0.2) is 24.0 Å². The molecule has 0 spiro atoms. The van der Waals surface area contributed by atoms with Crippen molar-refractivity contribution in [2.24, 2.45) is 0 Å². The minimum Gasteiger partial charge on any atom is -0.468 e. The first kappa shape index (κ1) is 16.3. The van der Waals surface area contributed by atoms with Crippen LogP contribution in [0.3, 0.4) is 0 Å². The van der Waals surface area contributed by atoms with Crippen molar-refractivity contribution in [3.63, 3.8) is 0 Å². The first-order valence-corrected chi connectivity index (χ1v) is 7.41. The van der Waals surface area contributed by atoms with Gasteiger partial charge >= 0.3 is 0 Å². The highest BCUT2D eigenvalue weighted by molar-refractivity contribution is 5.17. The second-order valence-electron chi connectivity index (χ2n) is 6.42. The van der Waals surface area contributed by atoms with E-state index in [0.717, 1.165) is 25.4 Å². The first-order valence-electron chi connectivity index (χ1n) is 7.41. The number of nitrogens with zero attached hydrogens (tertiary/aromatic N) is 1. The summed E-state index contributed by atoms with van der Waals surface area (Å²) >= 11 is 0. The summed E-state index contributed by atoms with van der Waals surface area (Å²) in [6.07, 6.45) is 5.67. The molecule has 0 bridgehead atoms. The Balaban J connectivity index is 2.43. The maximum Gasteiger partial charge on any atom is 0.122 e. The summed E-state index contributed by atoms with van der Waals surface area (Å²) in [5.41, 5.74) is 1.42. The van der Waals surface area contributed by atoms with Crippen LogP contribution in [0.1, 0.15) is 58.3 Å². The van der Waals surface area contributed by atoms with Gasteiger partial charge < -0.3 is 14.6 Å². The molecule has 0 aromatic carbocycles. The molecule has 110 valence electrons. The summed E-state index contributed by atoms with van der Waals surface area (Å²) in [6.45, 7) is 11.7. The molecule has 0 unspecified atom stereocenters. The Morgan fingerprint density at radius 1 is 1.26 bits per heavy atom. The maximum absolute atomic E-state index is 5.60. The molecule has 0 aliphatic rings. The van der Waals surface area contributed by atoms with Gasteiger partial charge in [0.25, 0.3) is 0 Å². The van der Waals surface area contributed by atoms with Crippen LogP contribution in [0.15, 0.2) is 16.7 Å². The third-order valence-corrected chi connectivity index (χ3v) is 3.20. The second-order valence-corrected chi connectivity index (χ2v) is 6.42. The van der Waals surface area contributed by atoms with Gasteiger partial charge in [0.15, 0.2) is 0 Å². The van der Waals surface area contributed by atoms with Crippen LogP contribution in [0.5, 0.6) is 0 Å². The van der Waals surface area contributed by atoms with Crippen LogP contribution in [-0.2, 0) is 13.1 Å². The fourth-order valence-corrected chi connectivity index (χ4v) is 2.01. The van der Waals surface area contributed by atoms with Crippen LogP contribution in [0.25, 0.3) is 0 Å². The van der Waals surface area contributed by atoms with Crippen LogP contribution in [0.4, 0.5) is 0 Å². The topological polar surface area (TPSA) is 28.4 Å². The number of nitrogens with one attached hydrogen (secondary N) is 1. The van der Waals surface area contributed by atoms with Crippen molar-refractivity contribution in [3.05, 3.63) is 23.7 Å². The van der Waals surface area contributed by atoms with Gasteiger partial charge in [-0.15, -0.1) is 0 Å². The molecule has 0 saturated carbocycles. The van der Waals surface area contributed by atoms with Crippen LogP contribution in [0, 0.1) is 0 Å². The van der Waals surface area contributed by atoms with Gasteiger partial charge in [0.2, 0.25) is 0 Å². The molecule has 19 heavy (non-hydrogen) atoms. The van der Waals surface area contributed by atoms with Crippen molar-refractivity contribution in [3.8, 4) is 0 Å². The smallest absolute Gasteiger partial charge is 0.122 e. The lowest BCUT2D eigenvalue weighted by Gasteiger charge is -2.21. The van der Waals surface area contributed by atoms with Gasteiger partial charge in [0, 0.05) is 17.6 Å². The van der Waals surface area contributed by atoms with E-state index in [1.54, 1.807) is 6.26 Å². The Labute approximate surface area is 118 Å². The Morgan fingerprint density at radius 2 is 2.00 bits per heavy atom. The molecule has 0 fully saturated rings. The van der Waals surface area contributed by atoms with Crippen molar-refractivity contribution in [1.82, 2.24) is 10.2 Å². The average molecular weight is 266 g/mol. The minimum absolute atomic E-state index is 0.122. The lowest BCUT2D eigenvalue weighted by atomic mass is 10.1. The molecule has 0 saturated heterocycles. The molecule has 0 aliphatic carbocycles. The highest BCUT2D eigenvalue weighted by Gasteiger charge is 2.13. The zero-order chi connectivity index (χ0) is 14.3. The van der Waals surface area contributed by atoms with Crippen LogP contribution >= 0.6 is 0 Å². The minimum atomic E-state index is 0.122.